The summed E-state index contributed by atoms with van der Waals surface area (Å²) >= 11 is 0. The van der Waals surface area contributed by atoms with E-state index in [0.29, 0.717) is 5.75 Å². The van der Waals surface area contributed by atoms with E-state index in [9.17, 15) is 21.6 Å². The molecule has 4 N–H and O–H groups in total. The highest BCUT2D eigenvalue weighted by Gasteiger charge is 2.23. The number of benzene rings is 2. The molecule has 0 aromatic heterocycles. The van der Waals surface area contributed by atoms with Crippen LogP contribution in [0.3, 0.4) is 0 Å². The van der Waals surface area contributed by atoms with Crippen LogP contribution >= 0.6 is 0 Å². The molecule has 0 heterocycles. The SMILES string of the molecule is COc1ccc(S(=O)(=O)NC(C)C(=O)Nc2ccc(S(N)(=O)=O)cc2)cc1OC. The van der Waals surface area contributed by atoms with E-state index in [1.54, 1.807) is 0 Å². The Morgan fingerprint density at radius 1 is 0.931 bits per heavy atom. The summed E-state index contributed by atoms with van der Waals surface area (Å²) in [6.45, 7) is 1.37. The Morgan fingerprint density at radius 2 is 1.48 bits per heavy atom. The molecule has 1 amide bonds. The number of ether oxygens (including phenoxy) is 2. The summed E-state index contributed by atoms with van der Waals surface area (Å²) in [4.78, 5) is 12.1. The highest BCUT2D eigenvalue weighted by molar-refractivity contribution is 7.89. The Bertz CT molecular complexity index is 1100. The van der Waals surface area contributed by atoms with Gasteiger partial charge in [0.15, 0.2) is 11.5 Å². The molecule has 2 aromatic carbocycles. The maximum Gasteiger partial charge on any atom is 0.242 e. The number of anilines is 1. The molecule has 0 bridgehead atoms. The van der Waals surface area contributed by atoms with Gasteiger partial charge in [-0.05, 0) is 43.3 Å². The van der Waals surface area contributed by atoms with Crippen molar-refractivity contribution in [2.45, 2.75) is 22.8 Å². The molecule has 2 aromatic rings. The first-order chi connectivity index (χ1) is 13.5. The van der Waals surface area contributed by atoms with Gasteiger partial charge in [-0.2, -0.15) is 4.72 Å². The Morgan fingerprint density at radius 3 is 2.00 bits per heavy atom. The van der Waals surface area contributed by atoms with Crippen LogP contribution in [0.25, 0.3) is 0 Å². The number of methoxy groups -OCH3 is 2. The molecule has 0 aliphatic heterocycles. The number of primary sulfonamides is 1. The van der Waals surface area contributed by atoms with Crippen molar-refractivity contribution in [3.63, 3.8) is 0 Å². The highest BCUT2D eigenvalue weighted by Crippen LogP contribution is 2.29. The van der Waals surface area contributed by atoms with E-state index < -0.39 is 32.0 Å². The van der Waals surface area contributed by atoms with Gasteiger partial charge in [0.05, 0.1) is 30.1 Å². The predicted molar refractivity (Wildman–Crippen MR) is 106 cm³/mol. The van der Waals surface area contributed by atoms with Gasteiger partial charge >= 0.3 is 0 Å². The van der Waals surface area contributed by atoms with Crippen LogP contribution in [0.5, 0.6) is 11.5 Å². The van der Waals surface area contributed by atoms with Crippen molar-refractivity contribution < 1.29 is 31.1 Å². The van der Waals surface area contributed by atoms with Gasteiger partial charge in [0.25, 0.3) is 0 Å². The minimum Gasteiger partial charge on any atom is -0.493 e. The van der Waals surface area contributed by atoms with Crippen molar-refractivity contribution >= 4 is 31.6 Å². The minimum atomic E-state index is -4.02. The molecule has 29 heavy (non-hydrogen) atoms. The molecule has 0 fully saturated rings. The number of sulfonamides is 2. The first kappa shape index (κ1) is 22.6. The predicted octanol–water partition coefficient (Wildman–Crippen LogP) is 0.657. The van der Waals surface area contributed by atoms with E-state index in [-0.39, 0.29) is 21.2 Å². The van der Waals surface area contributed by atoms with Gasteiger partial charge in [0.2, 0.25) is 26.0 Å². The molecule has 12 heteroatoms. The topological polar surface area (TPSA) is 154 Å². The number of rotatable bonds is 8. The molecule has 0 saturated heterocycles. The number of nitrogens with two attached hydrogens (primary N) is 1. The Kier molecular flexibility index (Phi) is 6.85. The van der Waals surface area contributed by atoms with Gasteiger partial charge in [-0.25, -0.2) is 22.0 Å². The summed E-state index contributed by atoms with van der Waals surface area (Å²) in [5.41, 5.74) is 0.277. The second-order valence-electron chi connectivity index (χ2n) is 5.92. The smallest absolute Gasteiger partial charge is 0.242 e. The molecule has 1 atom stereocenters. The maximum atomic E-state index is 12.6. The molecular formula is C17H21N3O7S2. The quantitative estimate of drug-likeness (QED) is 0.541. The van der Waals surface area contributed by atoms with Crippen molar-refractivity contribution in [1.29, 1.82) is 0 Å². The zero-order valence-electron chi connectivity index (χ0n) is 15.9. The lowest BCUT2D eigenvalue weighted by atomic mass is 10.3. The zero-order chi connectivity index (χ0) is 21.8. The summed E-state index contributed by atoms with van der Waals surface area (Å²) < 4.78 is 60.0. The van der Waals surface area contributed by atoms with Gasteiger partial charge in [-0.15, -0.1) is 0 Å². The lowest BCUT2D eigenvalue weighted by Crippen LogP contribution is -2.41. The third kappa shape index (κ3) is 5.67. The standard InChI is InChI=1S/C17H21N3O7S2/c1-11(17(21)19-12-4-6-13(7-5-12)28(18,22)23)20-29(24,25)14-8-9-15(26-2)16(10-14)27-3/h4-11,20H,1-3H3,(H,19,21)(H2,18,22,23). The first-order valence-electron chi connectivity index (χ1n) is 8.16. The van der Waals surface area contributed by atoms with Gasteiger partial charge in [0, 0.05) is 11.8 Å². The Labute approximate surface area is 169 Å². The van der Waals surface area contributed by atoms with Crippen molar-refractivity contribution in [3.8, 4) is 11.5 Å². The van der Waals surface area contributed by atoms with Crippen LogP contribution in [0.2, 0.25) is 0 Å². The molecule has 2 rings (SSSR count). The number of nitrogens with one attached hydrogen (secondary N) is 2. The number of carbonyl (C=O) groups is 1. The molecule has 0 aliphatic rings. The van der Waals surface area contributed by atoms with E-state index in [2.05, 4.69) is 10.0 Å². The first-order valence-corrected chi connectivity index (χ1v) is 11.2. The van der Waals surface area contributed by atoms with Crippen molar-refractivity contribution in [2.24, 2.45) is 5.14 Å². The van der Waals surface area contributed by atoms with E-state index in [1.807, 2.05) is 0 Å². The highest BCUT2D eigenvalue weighted by atomic mass is 32.2. The van der Waals surface area contributed by atoms with Crippen LogP contribution in [-0.4, -0.2) is 43.0 Å². The summed E-state index contributed by atoms with van der Waals surface area (Å²) in [7, 11) is -5.08. The average Bonchev–Trinajstić information content (AvgIpc) is 2.66. The molecule has 10 nitrogen and oxygen atoms in total. The number of amides is 1. The number of carbonyl (C=O) groups excluding carboxylic acids is 1. The van der Waals surface area contributed by atoms with E-state index >= 15 is 0 Å². The fraction of sp³-hybridized carbons (Fsp3) is 0.235. The van der Waals surface area contributed by atoms with Crippen molar-refractivity contribution in [1.82, 2.24) is 4.72 Å². The van der Waals surface area contributed by atoms with E-state index in [1.165, 1.54) is 63.6 Å². The maximum absolute atomic E-state index is 12.6. The molecule has 0 aliphatic carbocycles. The second-order valence-corrected chi connectivity index (χ2v) is 9.19. The molecule has 0 spiro atoms. The van der Waals surface area contributed by atoms with Gasteiger partial charge in [-0.3, -0.25) is 4.79 Å². The third-order valence-corrected chi connectivity index (χ3v) is 6.31. The Hall–Kier alpha value is -2.67. The molecular weight excluding hydrogens is 422 g/mol. The van der Waals surface area contributed by atoms with Crippen LogP contribution in [0.4, 0.5) is 5.69 Å². The van der Waals surface area contributed by atoms with Crippen LogP contribution in [-0.2, 0) is 24.8 Å². The molecule has 1 unspecified atom stereocenters. The van der Waals surface area contributed by atoms with Crippen LogP contribution < -0.4 is 24.7 Å². The molecule has 0 radical (unpaired) electrons. The van der Waals surface area contributed by atoms with Crippen LogP contribution in [0, 0.1) is 0 Å². The van der Waals surface area contributed by atoms with Crippen LogP contribution in [0.1, 0.15) is 6.92 Å². The fourth-order valence-corrected chi connectivity index (χ4v) is 4.05. The largest absolute Gasteiger partial charge is 0.493 e. The van der Waals surface area contributed by atoms with Crippen molar-refractivity contribution in [2.75, 3.05) is 19.5 Å². The fourth-order valence-electron chi connectivity index (χ4n) is 2.32. The summed E-state index contributed by atoms with van der Waals surface area (Å²) in [6, 6.07) is 8.04. The third-order valence-electron chi connectivity index (χ3n) is 3.84. The lowest BCUT2D eigenvalue weighted by Gasteiger charge is -2.15. The molecule has 158 valence electrons. The summed E-state index contributed by atoms with van der Waals surface area (Å²) in [5.74, 6) is -0.0555. The Balaban J connectivity index is 2.12. The van der Waals surface area contributed by atoms with Gasteiger partial charge < -0.3 is 14.8 Å². The normalized spacial score (nSPS) is 12.8. The summed E-state index contributed by atoms with van der Waals surface area (Å²) in [6.07, 6.45) is 0. The van der Waals surface area contributed by atoms with Gasteiger partial charge in [-0.1, -0.05) is 0 Å². The van der Waals surface area contributed by atoms with Crippen molar-refractivity contribution in [3.05, 3.63) is 42.5 Å². The zero-order valence-corrected chi connectivity index (χ0v) is 17.5. The number of hydrogen-bond donors (Lipinski definition) is 3. The lowest BCUT2D eigenvalue weighted by molar-refractivity contribution is -0.117. The van der Waals surface area contributed by atoms with E-state index in [4.69, 9.17) is 14.6 Å². The molecule has 0 saturated carbocycles. The summed E-state index contributed by atoms with van der Waals surface area (Å²) in [5, 5.41) is 7.50. The minimum absolute atomic E-state index is 0.104. The number of hydrogen-bond acceptors (Lipinski definition) is 7. The van der Waals surface area contributed by atoms with Gasteiger partial charge in [0.1, 0.15) is 0 Å². The second kappa shape index (κ2) is 8.78. The van der Waals surface area contributed by atoms with Crippen LogP contribution in [0.15, 0.2) is 52.3 Å². The average molecular weight is 444 g/mol. The monoisotopic (exact) mass is 443 g/mol. The van der Waals surface area contributed by atoms with E-state index in [0.717, 1.165) is 0 Å².